The zero-order valence-corrected chi connectivity index (χ0v) is 9.08. The first-order chi connectivity index (χ1) is 6.58. The topological polar surface area (TPSA) is 46.5 Å². The molecule has 3 heteroatoms. The summed E-state index contributed by atoms with van der Waals surface area (Å²) in [5.41, 5.74) is -0.508. The molecule has 0 atom stereocenters. The van der Waals surface area contributed by atoms with Gasteiger partial charge in [-0.2, -0.15) is 0 Å². The molecule has 0 spiro atoms. The van der Waals surface area contributed by atoms with E-state index in [-0.39, 0.29) is 0 Å². The highest BCUT2D eigenvalue weighted by Crippen LogP contribution is 2.37. The van der Waals surface area contributed by atoms with Gasteiger partial charge in [0, 0.05) is 6.61 Å². The van der Waals surface area contributed by atoms with Crippen LogP contribution in [0.3, 0.4) is 0 Å². The second-order valence-electron chi connectivity index (χ2n) is 4.44. The number of carbonyl (C=O) groups is 1. The fourth-order valence-electron chi connectivity index (χ4n) is 1.89. The van der Waals surface area contributed by atoms with Crippen molar-refractivity contribution in [2.24, 2.45) is 5.41 Å². The summed E-state index contributed by atoms with van der Waals surface area (Å²) in [6, 6.07) is 0. The summed E-state index contributed by atoms with van der Waals surface area (Å²) in [4.78, 5) is 11.0. The van der Waals surface area contributed by atoms with Gasteiger partial charge in [0.1, 0.15) is 0 Å². The lowest BCUT2D eigenvalue weighted by molar-refractivity contribution is -0.151. The minimum atomic E-state index is -0.661. The molecule has 1 N–H and O–H groups in total. The first-order valence-corrected chi connectivity index (χ1v) is 5.43. The Balaban J connectivity index is 2.34. The molecular weight excluding hydrogens is 180 g/mol. The quantitative estimate of drug-likeness (QED) is 0.758. The van der Waals surface area contributed by atoms with E-state index in [4.69, 9.17) is 9.84 Å². The third kappa shape index (κ3) is 2.71. The molecule has 0 heterocycles. The Bertz CT molecular complexity index is 193. The smallest absolute Gasteiger partial charge is 0.309 e. The van der Waals surface area contributed by atoms with Crippen LogP contribution in [0.25, 0.3) is 0 Å². The van der Waals surface area contributed by atoms with Gasteiger partial charge in [-0.05, 0) is 39.0 Å². The first-order valence-electron chi connectivity index (χ1n) is 5.43. The fraction of sp³-hybridized carbons (Fsp3) is 0.909. The van der Waals surface area contributed by atoms with Crippen LogP contribution in [-0.4, -0.2) is 23.8 Å². The maximum Gasteiger partial charge on any atom is 0.309 e. The lowest BCUT2D eigenvalue weighted by Crippen LogP contribution is -2.35. The summed E-state index contributed by atoms with van der Waals surface area (Å²) in [5.74, 6) is -0.661. The van der Waals surface area contributed by atoms with Gasteiger partial charge < -0.3 is 9.84 Å². The van der Waals surface area contributed by atoms with Gasteiger partial charge in [-0.3, -0.25) is 4.79 Å². The Morgan fingerprint density at radius 2 is 2.07 bits per heavy atom. The molecule has 0 aromatic rings. The van der Waals surface area contributed by atoms with Crippen LogP contribution in [0, 0.1) is 5.41 Å². The molecule has 1 rings (SSSR count). The summed E-state index contributed by atoms with van der Waals surface area (Å²) >= 11 is 0. The Morgan fingerprint density at radius 1 is 1.50 bits per heavy atom. The standard InChI is InChI=1S/C11H20O3/c1-3-8-14-9-4-6-11(2,7-5-9)10(12)13/h9H,3-8H2,1-2H3,(H,12,13). The molecule has 0 bridgehead atoms. The lowest BCUT2D eigenvalue weighted by Gasteiger charge is -2.33. The second-order valence-corrected chi connectivity index (χ2v) is 4.44. The van der Waals surface area contributed by atoms with Crippen LogP contribution in [0.4, 0.5) is 0 Å². The second kappa shape index (κ2) is 4.78. The van der Waals surface area contributed by atoms with Crippen molar-refractivity contribution in [3.05, 3.63) is 0 Å². The van der Waals surface area contributed by atoms with Gasteiger partial charge in [-0.15, -0.1) is 0 Å². The Hall–Kier alpha value is -0.570. The fourth-order valence-corrected chi connectivity index (χ4v) is 1.89. The van der Waals surface area contributed by atoms with E-state index in [1.54, 1.807) is 0 Å². The molecule has 0 radical (unpaired) electrons. The summed E-state index contributed by atoms with van der Waals surface area (Å²) < 4.78 is 5.61. The minimum Gasteiger partial charge on any atom is -0.481 e. The van der Waals surface area contributed by atoms with Gasteiger partial charge in [-0.1, -0.05) is 6.92 Å². The van der Waals surface area contributed by atoms with Crippen molar-refractivity contribution in [2.45, 2.75) is 52.1 Å². The zero-order chi connectivity index (χ0) is 10.6. The normalized spacial score (nSPS) is 32.9. The van der Waals surface area contributed by atoms with Gasteiger partial charge in [0.2, 0.25) is 0 Å². The average Bonchev–Trinajstić information content (AvgIpc) is 2.17. The van der Waals surface area contributed by atoms with Crippen molar-refractivity contribution < 1.29 is 14.6 Å². The molecule has 3 nitrogen and oxygen atoms in total. The van der Waals surface area contributed by atoms with Crippen LogP contribution in [0.1, 0.15) is 46.0 Å². The van der Waals surface area contributed by atoms with Crippen LogP contribution in [0.5, 0.6) is 0 Å². The van der Waals surface area contributed by atoms with Crippen LogP contribution in [0.2, 0.25) is 0 Å². The van der Waals surface area contributed by atoms with Gasteiger partial charge in [0.05, 0.1) is 11.5 Å². The van der Waals surface area contributed by atoms with Crippen molar-refractivity contribution in [3.8, 4) is 0 Å². The van der Waals surface area contributed by atoms with E-state index >= 15 is 0 Å². The van der Waals surface area contributed by atoms with Gasteiger partial charge in [-0.25, -0.2) is 0 Å². The maximum atomic E-state index is 11.0. The number of ether oxygens (including phenoxy) is 1. The first kappa shape index (κ1) is 11.5. The minimum absolute atomic E-state index is 0.294. The molecule has 14 heavy (non-hydrogen) atoms. The molecule has 1 fully saturated rings. The van der Waals surface area contributed by atoms with Crippen molar-refractivity contribution in [2.75, 3.05) is 6.61 Å². The number of carboxylic acids is 1. The predicted molar refractivity (Wildman–Crippen MR) is 54.2 cm³/mol. The van der Waals surface area contributed by atoms with E-state index in [2.05, 4.69) is 6.92 Å². The molecule has 1 aliphatic carbocycles. The number of carboxylic acid groups (broad SMARTS) is 1. The van der Waals surface area contributed by atoms with Crippen LogP contribution < -0.4 is 0 Å². The maximum absolute atomic E-state index is 11.0. The van der Waals surface area contributed by atoms with Gasteiger partial charge in [0.15, 0.2) is 0 Å². The summed E-state index contributed by atoms with van der Waals surface area (Å²) in [5, 5.41) is 9.02. The Morgan fingerprint density at radius 3 is 2.50 bits per heavy atom. The number of rotatable bonds is 4. The monoisotopic (exact) mass is 200 g/mol. The number of aliphatic carboxylic acids is 1. The third-order valence-corrected chi connectivity index (χ3v) is 3.11. The van der Waals surface area contributed by atoms with Crippen LogP contribution in [-0.2, 0) is 9.53 Å². The molecule has 0 aliphatic heterocycles. The highest BCUT2D eigenvalue weighted by Gasteiger charge is 2.37. The number of hydrogen-bond acceptors (Lipinski definition) is 2. The van der Waals surface area contributed by atoms with E-state index in [1.165, 1.54) is 0 Å². The molecule has 0 aromatic carbocycles. The van der Waals surface area contributed by atoms with E-state index < -0.39 is 11.4 Å². The molecule has 1 saturated carbocycles. The van der Waals surface area contributed by atoms with Crippen LogP contribution in [0.15, 0.2) is 0 Å². The van der Waals surface area contributed by atoms with Crippen LogP contribution >= 0.6 is 0 Å². The largest absolute Gasteiger partial charge is 0.481 e. The zero-order valence-electron chi connectivity index (χ0n) is 9.08. The van der Waals surface area contributed by atoms with E-state index in [0.29, 0.717) is 6.10 Å². The van der Waals surface area contributed by atoms with Crippen molar-refractivity contribution >= 4 is 5.97 Å². The van der Waals surface area contributed by atoms with E-state index in [1.807, 2.05) is 6.92 Å². The number of hydrogen-bond donors (Lipinski definition) is 1. The van der Waals surface area contributed by atoms with Crippen molar-refractivity contribution in [3.63, 3.8) is 0 Å². The Labute approximate surface area is 85.5 Å². The summed E-state index contributed by atoms with van der Waals surface area (Å²) in [6.45, 7) is 4.73. The van der Waals surface area contributed by atoms with E-state index in [0.717, 1.165) is 38.7 Å². The van der Waals surface area contributed by atoms with Crippen molar-refractivity contribution in [1.82, 2.24) is 0 Å². The molecule has 0 saturated heterocycles. The van der Waals surface area contributed by atoms with Gasteiger partial charge >= 0.3 is 5.97 Å². The highest BCUT2D eigenvalue weighted by atomic mass is 16.5. The molecule has 1 aliphatic rings. The van der Waals surface area contributed by atoms with E-state index in [9.17, 15) is 4.79 Å². The van der Waals surface area contributed by atoms with Crippen molar-refractivity contribution in [1.29, 1.82) is 0 Å². The Kier molecular flexibility index (Phi) is 3.93. The molecule has 0 unspecified atom stereocenters. The molecule has 0 amide bonds. The van der Waals surface area contributed by atoms with Gasteiger partial charge in [0.25, 0.3) is 0 Å². The third-order valence-electron chi connectivity index (χ3n) is 3.11. The average molecular weight is 200 g/mol. The highest BCUT2D eigenvalue weighted by molar-refractivity contribution is 5.74. The predicted octanol–water partition coefficient (Wildman–Crippen LogP) is 2.45. The molecule has 0 aromatic heterocycles. The summed E-state index contributed by atoms with van der Waals surface area (Å²) in [6.07, 6.45) is 4.61. The lowest BCUT2D eigenvalue weighted by atomic mass is 9.75. The summed E-state index contributed by atoms with van der Waals surface area (Å²) in [7, 11) is 0. The molecule has 82 valence electrons. The molecular formula is C11H20O3. The SMILES string of the molecule is CCCOC1CCC(C)(C(=O)O)CC1.